The SMILES string of the molecule is CCN(CC)S(=O)(=O)c1ccc(O)c(NC(=O)Cc2c(C)nc3ccccc3c2C)c1. The highest BCUT2D eigenvalue weighted by Crippen LogP contribution is 2.29. The Bertz CT molecular complexity index is 1240. The molecule has 0 radical (unpaired) electrons. The Hall–Kier alpha value is -2.97. The number of aryl methyl sites for hydroxylation is 2. The van der Waals surface area contributed by atoms with E-state index >= 15 is 0 Å². The van der Waals surface area contributed by atoms with Crippen molar-refractivity contribution in [3.05, 3.63) is 59.3 Å². The van der Waals surface area contributed by atoms with Crippen LogP contribution < -0.4 is 5.32 Å². The Labute approximate surface area is 182 Å². The van der Waals surface area contributed by atoms with E-state index in [1.807, 2.05) is 38.1 Å². The van der Waals surface area contributed by atoms with Gasteiger partial charge in [0.25, 0.3) is 0 Å². The molecule has 1 heterocycles. The lowest BCUT2D eigenvalue weighted by atomic mass is 9.99. The molecule has 3 aromatic rings. The molecule has 8 heteroatoms. The maximum Gasteiger partial charge on any atom is 0.243 e. The summed E-state index contributed by atoms with van der Waals surface area (Å²) < 4.78 is 26.9. The summed E-state index contributed by atoms with van der Waals surface area (Å²) in [7, 11) is -3.71. The van der Waals surface area contributed by atoms with Gasteiger partial charge in [-0.15, -0.1) is 0 Å². The molecule has 0 unspecified atom stereocenters. The van der Waals surface area contributed by atoms with Crippen molar-refractivity contribution in [1.82, 2.24) is 9.29 Å². The van der Waals surface area contributed by atoms with Gasteiger partial charge in [0.1, 0.15) is 5.75 Å². The number of phenols is 1. The number of para-hydroxylation sites is 1. The Kier molecular flexibility index (Phi) is 6.62. The Morgan fingerprint density at radius 1 is 1.10 bits per heavy atom. The molecule has 0 aliphatic rings. The van der Waals surface area contributed by atoms with Crippen LogP contribution in [0.3, 0.4) is 0 Å². The third kappa shape index (κ3) is 4.55. The van der Waals surface area contributed by atoms with Gasteiger partial charge in [0.15, 0.2) is 0 Å². The highest BCUT2D eigenvalue weighted by Gasteiger charge is 2.23. The lowest BCUT2D eigenvalue weighted by Crippen LogP contribution is -2.30. The molecule has 2 N–H and O–H groups in total. The zero-order valence-corrected chi connectivity index (χ0v) is 19.0. The summed E-state index contributed by atoms with van der Waals surface area (Å²) in [5.41, 5.74) is 3.47. The zero-order chi connectivity index (χ0) is 22.8. The number of carbonyl (C=O) groups is 1. The third-order valence-corrected chi connectivity index (χ3v) is 7.45. The topological polar surface area (TPSA) is 99.6 Å². The molecule has 0 aliphatic heterocycles. The predicted octanol–water partition coefficient (Wildman–Crippen LogP) is 3.77. The fraction of sp³-hybridized carbons (Fsp3) is 0.304. The quantitative estimate of drug-likeness (QED) is 0.544. The first-order valence-corrected chi connectivity index (χ1v) is 11.6. The number of pyridine rings is 1. The number of aromatic hydroxyl groups is 1. The van der Waals surface area contributed by atoms with Crippen LogP contribution in [0.2, 0.25) is 0 Å². The highest BCUT2D eigenvalue weighted by atomic mass is 32.2. The second-order valence-electron chi connectivity index (χ2n) is 7.31. The number of anilines is 1. The normalized spacial score (nSPS) is 11.8. The molecule has 3 rings (SSSR count). The minimum Gasteiger partial charge on any atom is -0.506 e. The van der Waals surface area contributed by atoms with Gasteiger partial charge in [0.05, 0.1) is 22.5 Å². The molecule has 31 heavy (non-hydrogen) atoms. The lowest BCUT2D eigenvalue weighted by Gasteiger charge is -2.19. The van der Waals surface area contributed by atoms with Crippen LogP contribution >= 0.6 is 0 Å². The first-order valence-electron chi connectivity index (χ1n) is 10.2. The first kappa shape index (κ1) is 22.7. The number of benzene rings is 2. The van der Waals surface area contributed by atoms with Gasteiger partial charge in [-0.1, -0.05) is 32.0 Å². The van der Waals surface area contributed by atoms with E-state index in [0.29, 0.717) is 13.1 Å². The number of phenolic OH excluding ortho intramolecular Hbond substituents is 1. The van der Waals surface area contributed by atoms with Crippen LogP contribution in [-0.2, 0) is 21.2 Å². The Balaban J connectivity index is 1.89. The molecule has 0 atom stereocenters. The number of hydrogen-bond donors (Lipinski definition) is 2. The van der Waals surface area contributed by atoms with E-state index in [1.165, 1.54) is 22.5 Å². The minimum absolute atomic E-state index is 0.0176. The number of fused-ring (bicyclic) bond motifs is 1. The van der Waals surface area contributed by atoms with E-state index in [-0.39, 0.29) is 28.7 Å². The summed E-state index contributed by atoms with van der Waals surface area (Å²) in [6, 6.07) is 11.6. The van der Waals surface area contributed by atoms with Gasteiger partial charge in [-0.2, -0.15) is 4.31 Å². The number of rotatable bonds is 7. The summed E-state index contributed by atoms with van der Waals surface area (Å²) in [5.74, 6) is -0.562. The second-order valence-corrected chi connectivity index (χ2v) is 9.25. The minimum atomic E-state index is -3.71. The van der Waals surface area contributed by atoms with Gasteiger partial charge < -0.3 is 10.4 Å². The largest absolute Gasteiger partial charge is 0.506 e. The standard InChI is InChI=1S/C23H27N3O4S/c1-5-26(6-2)31(29,30)17-11-12-22(27)21(13-17)25-23(28)14-19-15(3)18-9-7-8-10-20(18)24-16(19)4/h7-13,27H,5-6,14H2,1-4H3,(H,25,28). The van der Waals surface area contributed by atoms with Gasteiger partial charge in [0, 0.05) is 24.2 Å². The molecule has 1 amide bonds. The van der Waals surface area contributed by atoms with Gasteiger partial charge in [-0.05, 0) is 49.2 Å². The van der Waals surface area contributed by atoms with Crippen molar-refractivity contribution in [1.29, 1.82) is 0 Å². The van der Waals surface area contributed by atoms with Crippen molar-refractivity contribution in [2.24, 2.45) is 0 Å². The van der Waals surface area contributed by atoms with E-state index in [9.17, 15) is 18.3 Å². The summed E-state index contributed by atoms with van der Waals surface area (Å²) in [4.78, 5) is 17.4. The molecule has 2 aromatic carbocycles. The molecule has 0 saturated carbocycles. The van der Waals surface area contributed by atoms with Crippen LogP contribution in [0.1, 0.15) is 30.7 Å². The predicted molar refractivity (Wildman–Crippen MR) is 122 cm³/mol. The highest BCUT2D eigenvalue weighted by molar-refractivity contribution is 7.89. The molecule has 0 fully saturated rings. The van der Waals surface area contributed by atoms with Crippen molar-refractivity contribution in [2.45, 2.75) is 39.0 Å². The summed E-state index contributed by atoms with van der Waals surface area (Å²) in [6.07, 6.45) is 0.0575. The maximum atomic E-state index is 12.8. The van der Waals surface area contributed by atoms with Crippen LogP contribution in [0.25, 0.3) is 10.9 Å². The Morgan fingerprint density at radius 3 is 2.45 bits per heavy atom. The second kappa shape index (κ2) is 9.03. The van der Waals surface area contributed by atoms with E-state index in [2.05, 4.69) is 10.3 Å². The number of nitrogens with zero attached hydrogens (tertiary/aromatic N) is 2. The summed E-state index contributed by atoms with van der Waals surface area (Å²) in [5, 5.41) is 13.8. The number of amides is 1. The number of nitrogens with one attached hydrogen (secondary N) is 1. The fourth-order valence-corrected chi connectivity index (χ4v) is 5.16. The van der Waals surface area contributed by atoms with Crippen molar-refractivity contribution >= 4 is 32.5 Å². The van der Waals surface area contributed by atoms with Gasteiger partial charge >= 0.3 is 0 Å². The van der Waals surface area contributed by atoms with Crippen LogP contribution in [-0.4, -0.2) is 41.8 Å². The molecule has 7 nitrogen and oxygen atoms in total. The van der Waals surface area contributed by atoms with E-state index in [0.717, 1.165) is 27.7 Å². The number of carbonyl (C=O) groups excluding carboxylic acids is 1. The van der Waals surface area contributed by atoms with Crippen molar-refractivity contribution in [3.8, 4) is 5.75 Å². The molecule has 0 saturated heterocycles. The molecule has 1 aromatic heterocycles. The Morgan fingerprint density at radius 2 is 1.77 bits per heavy atom. The maximum absolute atomic E-state index is 12.8. The molecule has 0 aliphatic carbocycles. The monoisotopic (exact) mass is 441 g/mol. The van der Waals surface area contributed by atoms with E-state index < -0.39 is 10.0 Å². The average molecular weight is 442 g/mol. The smallest absolute Gasteiger partial charge is 0.243 e. The number of hydrogen-bond acceptors (Lipinski definition) is 5. The van der Waals surface area contributed by atoms with Gasteiger partial charge in [-0.25, -0.2) is 8.42 Å². The molecule has 0 spiro atoms. The van der Waals surface area contributed by atoms with Crippen LogP contribution in [0.5, 0.6) is 5.75 Å². The molecule has 0 bridgehead atoms. The van der Waals surface area contributed by atoms with Crippen molar-refractivity contribution in [2.75, 3.05) is 18.4 Å². The van der Waals surface area contributed by atoms with Crippen LogP contribution in [0, 0.1) is 13.8 Å². The van der Waals surface area contributed by atoms with Crippen molar-refractivity contribution in [3.63, 3.8) is 0 Å². The number of aromatic nitrogens is 1. The zero-order valence-electron chi connectivity index (χ0n) is 18.1. The molecular weight excluding hydrogens is 414 g/mol. The van der Waals surface area contributed by atoms with Crippen LogP contribution in [0.4, 0.5) is 5.69 Å². The fourth-order valence-electron chi connectivity index (χ4n) is 3.67. The summed E-state index contributed by atoms with van der Waals surface area (Å²) >= 11 is 0. The third-order valence-electron chi connectivity index (χ3n) is 5.41. The molecular formula is C23H27N3O4S. The van der Waals surface area contributed by atoms with E-state index in [1.54, 1.807) is 13.8 Å². The van der Waals surface area contributed by atoms with E-state index in [4.69, 9.17) is 0 Å². The average Bonchev–Trinajstić information content (AvgIpc) is 2.73. The lowest BCUT2D eigenvalue weighted by molar-refractivity contribution is -0.115. The van der Waals surface area contributed by atoms with Gasteiger partial charge in [-0.3, -0.25) is 9.78 Å². The first-order chi connectivity index (χ1) is 14.7. The summed E-state index contributed by atoms with van der Waals surface area (Å²) in [6.45, 7) is 7.98. The van der Waals surface area contributed by atoms with Crippen LogP contribution in [0.15, 0.2) is 47.4 Å². The van der Waals surface area contributed by atoms with Crippen molar-refractivity contribution < 1.29 is 18.3 Å². The molecule has 164 valence electrons. The number of sulfonamides is 1. The van der Waals surface area contributed by atoms with Gasteiger partial charge in [0.2, 0.25) is 15.9 Å².